The fourth-order valence-corrected chi connectivity index (χ4v) is 8.79. The third-order valence-corrected chi connectivity index (χ3v) is 11.8. The van der Waals surface area contributed by atoms with Crippen molar-refractivity contribution in [1.29, 1.82) is 0 Å². The molecule has 2 aliphatic carbocycles. The van der Waals surface area contributed by atoms with Crippen LogP contribution in [0.4, 0.5) is 39.4 Å². The maximum Gasteiger partial charge on any atom is 0.519 e. The first-order valence-corrected chi connectivity index (χ1v) is 21.3. The van der Waals surface area contributed by atoms with Crippen molar-refractivity contribution in [3.8, 4) is 11.5 Å². The number of benzene rings is 2. The van der Waals surface area contributed by atoms with Crippen LogP contribution in [-0.4, -0.2) is 56.0 Å². The fourth-order valence-electron chi connectivity index (χ4n) is 8.79. The van der Waals surface area contributed by atoms with E-state index in [4.69, 9.17) is 19.7 Å². The number of hydrogen-bond donors (Lipinski definition) is 2. The Morgan fingerprint density at radius 3 is 1.39 bits per heavy atom. The number of nitrogens with zero attached hydrogens (tertiary/aromatic N) is 10. The summed E-state index contributed by atoms with van der Waals surface area (Å²) in [6.07, 6.45) is 6.13. The highest BCUT2D eigenvalue weighted by Gasteiger charge is 2.36. The number of aromatic nitrogens is 8. The Labute approximate surface area is 368 Å². The SMILES string of the molecule is CC(C)(C)n1nc(C2CCC(c3cc([N+](=O)[O-])ccc3OC(=O)Oc3ccc([N+](=O)[O-])cc3C3CCC(c4cc(Nc5cccnn5)n(C(C)(C)C)n4)C3)C2)cc1Nc1cccnn1. The standard InChI is InChI=1S/C45H50N12O7/c1-44(2,3)54-41(48-39-9-7-19-46-50-39)25-35(52-54)29-13-11-27(21-29)33-23-31(56(59)60)15-17-37(33)63-43(58)64-38-18-16-32(57(61)62)24-34(38)28-12-14-30(22-28)36-26-42(55(53-36)45(4,5)6)49-40-10-8-20-47-51-40/h7-10,15-20,23-30H,11-14,21-22H2,1-6H3,(H,48,50)(H,49,51). The second kappa shape index (κ2) is 17.5. The molecule has 19 nitrogen and oxygen atoms in total. The van der Waals surface area contributed by atoms with Crippen molar-refractivity contribution in [3.63, 3.8) is 0 Å². The Kier molecular flexibility index (Phi) is 11.8. The number of non-ortho nitro benzene ring substituents is 2. The summed E-state index contributed by atoms with van der Waals surface area (Å²) in [6, 6.07) is 19.6. The minimum Gasteiger partial charge on any atom is -0.394 e. The maximum absolute atomic E-state index is 13.7. The van der Waals surface area contributed by atoms with Crippen molar-refractivity contribution in [2.75, 3.05) is 10.6 Å². The molecule has 8 rings (SSSR count). The van der Waals surface area contributed by atoms with Gasteiger partial charge in [-0.2, -0.15) is 20.4 Å². The van der Waals surface area contributed by atoms with E-state index in [1.165, 1.54) is 36.4 Å². The molecule has 64 heavy (non-hydrogen) atoms. The highest BCUT2D eigenvalue weighted by atomic mass is 16.7. The molecule has 2 aliphatic rings. The van der Waals surface area contributed by atoms with Gasteiger partial charge in [-0.25, -0.2) is 14.2 Å². The monoisotopic (exact) mass is 870 g/mol. The zero-order valence-corrected chi connectivity index (χ0v) is 36.5. The zero-order chi connectivity index (χ0) is 45.3. The molecule has 6 aromatic rings. The van der Waals surface area contributed by atoms with Gasteiger partial charge in [-0.15, -0.1) is 10.2 Å². The van der Waals surface area contributed by atoms with Crippen LogP contribution in [0, 0.1) is 20.2 Å². The van der Waals surface area contributed by atoms with Crippen molar-refractivity contribution < 1.29 is 24.1 Å². The lowest BCUT2D eigenvalue weighted by atomic mass is 9.94. The second-order valence-electron chi connectivity index (χ2n) is 18.4. The van der Waals surface area contributed by atoms with Crippen LogP contribution in [0.2, 0.25) is 0 Å². The number of nitrogens with one attached hydrogen (secondary N) is 2. The quantitative estimate of drug-likeness (QED) is 0.0504. The number of hydrogen-bond acceptors (Lipinski definition) is 15. The summed E-state index contributed by atoms with van der Waals surface area (Å²) < 4.78 is 15.6. The third kappa shape index (κ3) is 9.52. The highest BCUT2D eigenvalue weighted by Crippen LogP contribution is 2.49. The molecule has 0 aliphatic heterocycles. The molecular weight excluding hydrogens is 821 g/mol. The molecule has 2 aromatic carbocycles. The minimum atomic E-state index is -1.07. The summed E-state index contributed by atoms with van der Waals surface area (Å²) in [4.78, 5) is 36.7. The molecule has 4 unspecified atom stereocenters. The van der Waals surface area contributed by atoms with Crippen molar-refractivity contribution in [3.05, 3.63) is 128 Å². The molecule has 332 valence electrons. The van der Waals surface area contributed by atoms with Gasteiger partial charge in [0.15, 0.2) is 11.6 Å². The van der Waals surface area contributed by atoms with Crippen molar-refractivity contribution in [2.45, 2.75) is 115 Å². The van der Waals surface area contributed by atoms with Gasteiger partial charge in [-0.3, -0.25) is 20.2 Å². The molecule has 0 radical (unpaired) electrons. The molecule has 0 spiro atoms. The van der Waals surface area contributed by atoms with Gasteiger partial charge in [0.1, 0.15) is 23.1 Å². The van der Waals surface area contributed by atoms with Crippen LogP contribution in [0.3, 0.4) is 0 Å². The van der Waals surface area contributed by atoms with Crippen LogP contribution >= 0.6 is 0 Å². The van der Waals surface area contributed by atoms with E-state index in [1.54, 1.807) is 24.5 Å². The Bertz CT molecular complexity index is 2490. The summed E-state index contributed by atoms with van der Waals surface area (Å²) in [6.45, 7) is 12.3. The molecule has 2 N–H and O–H groups in total. The summed E-state index contributed by atoms with van der Waals surface area (Å²) in [5, 5.41) is 56.9. The van der Waals surface area contributed by atoms with Gasteiger partial charge in [0.25, 0.3) is 11.4 Å². The molecule has 2 fully saturated rings. The number of carbonyl (C=O) groups excluding carboxylic acids is 1. The normalized spacial score (nSPS) is 18.7. The van der Waals surface area contributed by atoms with E-state index in [-0.39, 0.29) is 57.6 Å². The number of anilines is 4. The smallest absolute Gasteiger partial charge is 0.394 e. The van der Waals surface area contributed by atoms with Gasteiger partial charge in [0.2, 0.25) is 0 Å². The molecule has 19 heteroatoms. The molecule has 2 saturated carbocycles. The first kappa shape index (κ1) is 43.3. The minimum absolute atomic E-state index is 0.0104. The van der Waals surface area contributed by atoms with E-state index in [2.05, 4.69) is 72.6 Å². The van der Waals surface area contributed by atoms with Gasteiger partial charge >= 0.3 is 6.16 Å². The first-order chi connectivity index (χ1) is 30.5. The Hall–Kier alpha value is -7.31. The molecule has 0 bridgehead atoms. The molecule has 4 heterocycles. The first-order valence-electron chi connectivity index (χ1n) is 21.3. The number of nitro benzene ring substituents is 2. The van der Waals surface area contributed by atoms with Crippen LogP contribution in [0.25, 0.3) is 0 Å². The number of rotatable bonds is 12. The topological polar surface area (TPSA) is 233 Å². The average Bonchev–Trinajstić information content (AvgIpc) is 4.08. The Morgan fingerprint density at radius 2 is 1.03 bits per heavy atom. The largest absolute Gasteiger partial charge is 0.519 e. The van der Waals surface area contributed by atoms with E-state index in [1.807, 2.05) is 33.6 Å². The second-order valence-corrected chi connectivity index (χ2v) is 18.4. The predicted octanol–water partition coefficient (Wildman–Crippen LogP) is 10.2. The Balaban J connectivity index is 1.01. The molecule has 0 amide bonds. The van der Waals surface area contributed by atoms with Gasteiger partial charge in [-0.1, -0.05) is 0 Å². The van der Waals surface area contributed by atoms with Crippen LogP contribution in [0.1, 0.15) is 126 Å². The van der Waals surface area contributed by atoms with Crippen molar-refractivity contribution >= 4 is 40.8 Å². The van der Waals surface area contributed by atoms with Crippen LogP contribution in [-0.2, 0) is 11.1 Å². The van der Waals surface area contributed by atoms with Gasteiger partial charge < -0.3 is 20.1 Å². The maximum atomic E-state index is 13.7. The van der Waals surface area contributed by atoms with E-state index < -0.39 is 16.0 Å². The van der Waals surface area contributed by atoms with Gasteiger partial charge in [0.05, 0.1) is 32.3 Å². The number of carbonyl (C=O) groups is 1. The van der Waals surface area contributed by atoms with Crippen molar-refractivity contribution in [2.24, 2.45) is 0 Å². The van der Waals surface area contributed by atoms with Crippen LogP contribution < -0.4 is 20.1 Å². The molecular formula is C45H50N12O7. The van der Waals surface area contributed by atoms with Crippen LogP contribution in [0.15, 0.2) is 85.2 Å². The van der Waals surface area contributed by atoms with Crippen molar-refractivity contribution in [1.82, 2.24) is 40.0 Å². The summed E-state index contributed by atoms with van der Waals surface area (Å²) in [5.74, 6) is 2.55. The highest BCUT2D eigenvalue weighted by molar-refractivity contribution is 5.69. The van der Waals surface area contributed by atoms with E-state index in [0.717, 1.165) is 35.9 Å². The van der Waals surface area contributed by atoms with Gasteiger partial charge in [-0.05, 0) is 128 Å². The molecule has 4 aromatic heterocycles. The summed E-state index contributed by atoms with van der Waals surface area (Å²) in [7, 11) is 0. The number of ether oxygens (including phenoxy) is 2. The third-order valence-electron chi connectivity index (χ3n) is 11.8. The van der Waals surface area contributed by atoms with Crippen LogP contribution in [0.5, 0.6) is 11.5 Å². The van der Waals surface area contributed by atoms with E-state index in [0.29, 0.717) is 48.4 Å². The molecule has 0 saturated heterocycles. The van der Waals surface area contributed by atoms with E-state index >= 15 is 0 Å². The average molecular weight is 871 g/mol. The Morgan fingerprint density at radius 1 is 0.625 bits per heavy atom. The lowest BCUT2D eigenvalue weighted by Gasteiger charge is -2.22. The fraction of sp³-hybridized carbons (Fsp3) is 0.400. The van der Waals surface area contributed by atoms with E-state index in [9.17, 15) is 25.0 Å². The predicted molar refractivity (Wildman–Crippen MR) is 237 cm³/mol. The lowest BCUT2D eigenvalue weighted by Crippen LogP contribution is -2.25. The summed E-state index contributed by atoms with van der Waals surface area (Å²) >= 11 is 0. The zero-order valence-electron chi connectivity index (χ0n) is 36.5. The summed E-state index contributed by atoms with van der Waals surface area (Å²) in [5.41, 5.74) is 1.74. The van der Waals surface area contributed by atoms with Gasteiger partial charge in [0, 0.05) is 71.8 Å². The molecule has 4 atom stereocenters. The lowest BCUT2D eigenvalue weighted by molar-refractivity contribution is -0.385. The number of nitro groups is 2.